The highest BCUT2D eigenvalue weighted by molar-refractivity contribution is 6.51. The van der Waals surface area contributed by atoms with Crippen molar-refractivity contribution in [2.75, 3.05) is 14.2 Å². The number of hydrogen-bond acceptors (Lipinski definition) is 6. The Morgan fingerprint density at radius 1 is 0.800 bits per heavy atom. The number of nitrogens with zero attached hydrogens (tertiary/aromatic N) is 1. The van der Waals surface area contributed by atoms with Gasteiger partial charge in [0.05, 0.1) is 31.8 Å². The summed E-state index contributed by atoms with van der Waals surface area (Å²) in [6, 6.07) is 13.3. The van der Waals surface area contributed by atoms with E-state index in [2.05, 4.69) is 9.97 Å². The third-order valence-electron chi connectivity index (χ3n) is 6.21. The summed E-state index contributed by atoms with van der Waals surface area (Å²) < 4.78 is 9.53. The number of amides is 2. The molecular weight excluding hydrogens is 450 g/mol. The molecule has 0 spiro atoms. The van der Waals surface area contributed by atoms with Crippen molar-refractivity contribution >= 4 is 56.7 Å². The average molecular weight is 471 g/mol. The van der Waals surface area contributed by atoms with Gasteiger partial charge >= 0.3 is 11.9 Å². The maximum absolute atomic E-state index is 13.9. The summed E-state index contributed by atoms with van der Waals surface area (Å²) in [7, 11) is 2.30. The smallest absolute Gasteiger partial charge is 0.329 e. The van der Waals surface area contributed by atoms with Crippen LogP contribution in [0.25, 0.3) is 33.0 Å². The Kier molecular flexibility index (Phi) is 5.44. The number of aromatic nitrogens is 2. The summed E-state index contributed by atoms with van der Waals surface area (Å²) in [6.45, 7) is 0. The third kappa shape index (κ3) is 3.48. The number of esters is 2. The molecule has 35 heavy (non-hydrogen) atoms. The Labute approximate surface area is 199 Å². The van der Waals surface area contributed by atoms with Crippen molar-refractivity contribution in [3.63, 3.8) is 0 Å². The molecule has 1 aliphatic rings. The highest BCUT2D eigenvalue weighted by Crippen LogP contribution is 2.41. The van der Waals surface area contributed by atoms with Crippen LogP contribution in [0.5, 0.6) is 0 Å². The Balaban J connectivity index is 1.75. The van der Waals surface area contributed by atoms with E-state index in [9.17, 15) is 19.2 Å². The van der Waals surface area contributed by atoms with Crippen LogP contribution in [0.3, 0.4) is 0 Å². The van der Waals surface area contributed by atoms with Gasteiger partial charge in [-0.05, 0) is 12.1 Å². The first-order valence-corrected chi connectivity index (χ1v) is 10.9. The summed E-state index contributed by atoms with van der Waals surface area (Å²) in [5.74, 6) is -3.04. The van der Waals surface area contributed by atoms with Gasteiger partial charge in [-0.25, -0.2) is 4.79 Å². The van der Waals surface area contributed by atoms with Crippen LogP contribution in [0.15, 0.2) is 60.9 Å². The van der Waals surface area contributed by atoms with Crippen LogP contribution in [0.1, 0.15) is 17.5 Å². The van der Waals surface area contributed by atoms with Gasteiger partial charge in [-0.3, -0.25) is 19.3 Å². The molecule has 0 unspecified atom stereocenters. The lowest BCUT2D eigenvalue weighted by molar-refractivity contribution is -0.158. The number of benzene rings is 2. The van der Waals surface area contributed by atoms with E-state index in [4.69, 9.17) is 9.47 Å². The fourth-order valence-electron chi connectivity index (χ4n) is 4.54. The van der Waals surface area contributed by atoms with E-state index in [1.807, 2.05) is 48.5 Å². The summed E-state index contributed by atoms with van der Waals surface area (Å²) in [6.07, 6.45) is 2.80. The lowest BCUT2D eigenvalue weighted by atomic mass is 9.95. The molecule has 176 valence electrons. The van der Waals surface area contributed by atoms with Gasteiger partial charge in [0.2, 0.25) is 0 Å². The SMILES string of the molecule is COC(=O)C[C@@H](C(=O)OC)N1C(=O)C(c2c[nH]c3ccccc23)=C(c2c[nH]c3ccccc23)C1=O. The van der Waals surface area contributed by atoms with Gasteiger partial charge in [-0.2, -0.15) is 0 Å². The highest BCUT2D eigenvalue weighted by Gasteiger charge is 2.47. The number of nitrogens with one attached hydrogen (secondary N) is 2. The van der Waals surface area contributed by atoms with Crippen molar-refractivity contribution in [3.8, 4) is 0 Å². The lowest BCUT2D eigenvalue weighted by Gasteiger charge is -2.23. The van der Waals surface area contributed by atoms with Crippen LogP contribution in [0.2, 0.25) is 0 Å². The van der Waals surface area contributed by atoms with E-state index in [0.29, 0.717) is 11.1 Å². The number of methoxy groups -OCH3 is 2. The molecule has 4 aromatic rings. The van der Waals surface area contributed by atoms with E-state index in [1.165, 1.54) is 0 Å². The molecule has 3 heterocycles. The van der Waals surface area contributed by atoms with Crippen molar-refractivity contribution in [3.05, 3.63) is 72.1 Å². The number of carbonyl (C=O) groups is 4. The fourth-order valence-corrected chi connectivity index (χ4v) is 4.54. The molecule has 2 amide bonds. The zero-order chi connectivity index (χ0) is 24.7. The summed E-state index contributed by atoms with van der Waals surface area (Å²) in [4.78, 5) is 59.6. The molecular formula is C26H21N3O6. The lowest BCUT2D eigenvalue weighted by Crippen LogP contribution is -2.47. The highest BCUT2D eigenvalue weighted by atomic mass is 16.5. The number of carbonyl (C=O) groups excluding carboxylic acids is 4. The number of H-pyrrole nitrogens is 2. The molecule has 2 aromatic carbocycles. The van der Waals surface area contributed by atoms with Crippen molar-refractivity contribution in [2.45, 2.75) is 12.5 Å². The van der Waals surface area contributed by atoms with Gasteiger partial charge in [0, 0.05) is 45.3 Å². The van der Waals surface area contributed by atoms with Gasteiger partial charge in [0.1, 0.15) is 6.04 Å². The van der Waals surface area contributed by atoms with E-state index in [0.717, 1.165) is 40.9 Å². The summed E-state index contributed by atoms with van der Waals surface area (Å²) in [5, 5.41) is 1.48. The molecule has 5 rings (SSSR count). The Bertz CT molecular complexity index is 1450. The normalized spacial score (nSPS) is 14.7. The minimum absolute atomic E-state index is 0.135. The second-order valence-corrected chi connectivity index (χ2v) is 8.05. The zero-order valence-corrected chi connectivity index (χ0v) is 19.0. The number of para-hydroxylation sites is 2. The molecule has 9 heteroatoms. The van der Waals surface area contributed by atoms with E-state index in [1.54, 1.807) is 12.4 Å². The predicted octanol–water partition coefficient (Wildman–Crippen LogP) is 3.03. The minimum atomic E-state index is -1.48. The average Bonchev–Trinajstić information content (AvgIpc) is 3.56. The quantitative estimate of drug-likeness (QED) is 0.329. The molecule has 0 radical (unpaired) electrons. The molecule has 0 aliphatic carbocycles. The second-order valence-electron chi connectivity index (χ2n) is 8.05. The topological polar surface area (TPSA) is 122 Å². The maximum Gasteiger partial charge on any atom is 0.329 e. The number of hydrogen-bond donors (Lipinski definition) is 2. The van der Waals surface area contributed by atoms with Crippen LogP contribution in [-0.4, -0.2) is 58.9 Å². The first-order valence-electron chi connectivity index (χ1n) is 10.9. The van der Waals surface area contributed by atoms with Crippen LogP contribution < -0.4 is 0 Å². The number of aromatic amines is 2. The van der Waals surface area contributed by atoms with Crippen molar-refractivity contribution < 1.29 is 28.7 Å². The van der Waals surface area contributed by atoms with Crippen molar-refractivity contribution in [2.24, 2.45) is 0 Å². The molecule has 0 saturated heterocycles. The molecule has 9 nitrogen and oxygen atoms in total. The minimum Gasteiger partial charge on any atom is -0.469 e. The standard InChI is InChI=1S/C26H21N3O6/c1-34-21(30)11-20(26(33)35-2)29-24(31)22(16-12-27-18-9-5-3-7-14(16)18)23(25(29)32)17-13-28-19-10-6-4-8-15(17)19/h3-10,12-13,20,27-28H,11H2,1-2H3/t20-/m0/s1. The predicted molar refractivity (Wildman–Crippen MR) is 128 cm³/mol. The van der Waals surface area contributed by atoms with Crippen LogP contribution >= 0.6 is 0 Å². The van der Waals surface area contributed by atoms with Crippen molar-refractivity contribution in [1.82, 2.24) is 14.9 Å². The van der Waals surface area contributed by atoms with Crippen LogP contribution in [0.4, 0.5) is 0 Å². The molecule has 1 aliphatic heterocycles. The van der Waals surface area contributed by atoms with E-state index < -0.39 is 36.2 Å². The number of ether oxygens (including phenoxy) is 2. The molecule has 2 N–H and O–H groups in total. The molecule has 2 aromatic heterocycles. The first-order chi connectivity index (χ1) is 17.0. The number of fused-ring (bicyclic) bond motifs is 2. The summed E-state index contributed by atoms with van der Waals surface area (Å²) >= 11 is 0. The van der Waals surface area contributed by atoms with Crippen LogP contribution in [-0.2, 0) is 28.7 Å². The monoisotopic (exact) mass is 471 g/mol. The van der Waals surface area contributed by atoms with Gasteiger partial charge < -0.3 is 19.4 Å². The molecule has 0 saturated carbocycles. The van der Waals surface area contributed by atoms with Gasteiger partial charge in [-0.15, -0.1) is 0 Å². The first kappa shape index (κ1) is 22.1. The Morgan fingerprint density at radius 3 is 1.74 bits per heavy atom. The number of imide groups is 1. The fraction of sp³-hybridized carbons (Fsp3) is 0.154. The number of rotatable bonds is 6. The van der Waals surface area contributed by atoms with Crippen molar-refractivity contribution in [1.29, 1.82) is 0 Å². The van der Waals surface area contributed by atoms with Gasteiger partial charge in [0.25, 0.3) is 11.8 Å². The zero-order valence-electron chi connectivity index (χ0n) is 19.0. The maximum atomic E-state index is 13.9. The summed E-state index contributed by atoms with van der Waals surface area (Å²) in [5.41, 5.74) is 2.87. The Morgan fingerprint density at radius 2 is 1.29 bits per heavy atom. The molecule has 1 atom stereocenters. The van der Waals surface area contributed by atoms with Gasteiger partial charge in [0.15, 0.2) is 0 Å². The molecule has 0 fully saturated rings. The largest absolute Gasteiger partial charge is 0.469 e. The third-order valence-corrected chi connectivity index (χ3v) is 6.21. The van der Waals surface area contributed by atoms with Crippen LogP contribution in [0, 0.1) is 0 Å². The van der Waals surface area contributed by atoms with E-state index >= 15 is 0 Å². The van der Waals surface area contributed by atoms with E-state index in [-0.39, 0.29) is 11.1 Å². The second kappa shape index (κ2) is 8.60. The van der Waals surface area contributed by atoms with Gasteiger partial charge in [-0.1, -0.05) is 36.4 Å². The molecule has 0 bridgehead atoms. The Hall–Kier alpha value is -4.66.